The lowest BCUT2D eigenvalue weighted by atomic mass is 10.2. The molecule has 20 heavy (non-hydrogen) atoms. The third-order valence-corrected chi connectivity index (χ3v) is 2.50. The zero-order chi connectivity index (χ0) is 14.3. The molecule has 116 valence electrons. The normalized spacial score (nSPS) is 11.8. The first-order valence-electron chi connectivity index (χ1n) is 6.85. The van der Waals surface area contributed by atoms with Gasteiger partial charge < -0.3 is 15.6 Å². The zero-order valence-corrected chi connectivity index (χ0v) is 15.0. The average Bonchev–Trinajstić information content (AvgIpc) is 2.81. The van der Waals surface area contributed by atoms with Crippen LogP contribution in [0.2, 0.25) is 0 Å². The molecule has 7 heteroatoms. The van der Waals surface area contributed by atoms with E-state index < -0.39 is 0 Å². The number of guanidine groups is 1. The van der Waals surface area contributed by atoms with E-state index in [0.29, 0.717) is 23.7 Å². The molecule has 0 fully saturated rings. The lowest BCUT2D eigenvalue weighted by molar-refractivity contribution is 0.368. The SMILES string of the molecule is CC(C)CN=C(N)NCCCc1nc(C(C)C)no1.I. The summed E-state index contributed by atoms with van der Waals surface area (Å²) in [7, 11) is 0. The highest BCUT2D eigenvalue weighted by molar-refractivity contribution is 14.0. The van der Waals surface area contributed by atoms with Crippen molar-refractivity contribution >= 4 is 29.9 Å². The van der Waals surface area contributed by atoms with Crippen LogP contribution in [0.15, 0.2) is 9.52 Å². The summed E-state index contributed by atoms with van der Waals surface area (Å²) < 4.78 is 5.16. The number of hydrogen-bond donors (Lipinski definition) is 2. The molecule has 1 heterocycles. The van der Waals surface area contributed by atoms with Gasteiger partial charge in [-0.05, 0) is 12.3 Å². The van der Waals surface area contributed by atoms with Crippen LogP contribution in [0.4, 0.5) is 0 Å². The fourth-order valence-corrected chi connectivity index (χ4v) is 1.40. The fraction of sp³-hybridized carbons (Fsp3) is 0.769. The highest BCUT2D eigenvalue weighted by atomic mass is 127. The Hall–Kier alpha value is -0.860. The predicted octanol–water partition coefficient (Wildman–Crippen LogP) is 2.30. The van der Waals surface area contributed by atoms with Crippen LogP contribution in [-0.2, 0) is 6.42 Å². The van der Waals surface area contributed by atoms with Gasteiger partial charge in [-0.2, -0.15) is 4.98 Å². The number of halogens is 1. The Morgan fingerprint density at radius 1 is 1.35 bits per heavy atom. The minimum absolute atomic E-state index is 0. The number of aromatic nitrogens is 2. The summed E-state index contributed by atoms with van der Waals surface area (Å²) in [6.45, 7) is 9.81. The van der Waals surface area contributed by atoms with Crippen LogP contribution in [0, 0.1) is 5.92 Å². The van der Waals surface area contributed by atoms with Gasteiger partial charge in [-0.15, -0.1) is 24.0 Å². The Bertz CT molecular complexity index is 403. The number of rotatable bonds is 7. The fourth-order valence-electron chi connectivity index (χ4n) is 1.40. The molecule has 1 aromatic rings. The zero-order valence-electron chi connectivity index (χ0n) is 12.7. The largest absolute Gasteiger partial charge is 0.370 e. The van der Waals surface area contributed by atoms with Crippen LogP contribution >= 0.6 is 24.0 Å². The quantitative estimate of drug-likeness (QED) is 0.320. The van der Waals surface area contributed by atoms with Crippen molar-refractivity contribution in [1.82, 2.24) is 15.5 Å². The van der Waals surface area contributed by atoms with Gasteiger partial charge in [0, 0.05) is 25.4 Å². The summed E-state index contributed by atoms with van der Waals surface area (Å²) in [5, 5.41) is 7.00. The molecule has 1 aromatic heterocycles. The van der Waals surface area contributed by atoms with E-state index in [1.807, 2.05) is 13.8 Å². The van der Waals surface area contributed by atoms with E-state index in [1.165, 1.54) is 0 Å². The van der Waals surface area contributed by atoms with Crippen LogP contribution < -0.4 is 11.1 Å². The van der Waals surface area contributed by atoms with Crippen molar-refractivity contribution in [3.05, 3.63) is 11.7 Å². The number of nitrogens with zero attached hydrogens (tertiary/aromatic N) is 3. The Morgan fingerprint density at radius 3 is 2.60 bits per heavy atom. The monoisotopic (exact) mass is 395 g/mol. The number of hydrogen-bond acceptors (Lipinski definition) is 4. The van der Waals surface area contributed by atoms with Crippen LogP contribution in [0.5, 0.6) is 0 Å². The molecule has 0 bridgehead atoms. The number of nitrogens with two attached hydrogens (primary N) is 1. The van der Waals surface area contributed by atoms with Gasteiger partial charge in [0.2, 0.25) is 5.89 Å². The average molecular weight is 395 g/mol. The Balaban J connectivity index is 0.00000361. The van der Waals surface area contributed by atoms with Gasteiger partial charge in [-0.25, -0.2) is 0 Å². The topological polar surface area (TPSA) is 89.3 Å². The van der Waals surface area contributed by atoms with Crippen molar-refractivity contribution < 1.29 is 4.52 Å². The van der Waals surface area contributed by atoms with Gasteiger partial charge in [0.15, 0.2) is 11.8 Å². The summed E-state index contributed by atoms with van der Waals surface area (Å²) in [5.74, 6) is 2.77. The molecule has 0 saturated carbocycles. The van der Waals surface area contributed by atoms with Crippen LogP contribution in [0.3, 0.4) is 0 Å². The molecule has 6 nitrogen and oxygen atoms in total. The molecular weight excluding hydrogens is 369 g/mol. The van der Waals surface area contributed by atoms with Crippen molar-refractivity contribution in [3.8, 4) is 0 Å². The van der Waals surface area contributed by atoms with Crippen molar-refractivity contribution in [2.24, 2.45) is 16.6 Å². The molecule has 0 unspecified atom stereocenters. The highest BCUT2D eigenvalue weighted by Gasteiger charge is 2.08. The molecule has 0 aliphatic rings. The van der Waals surface area contributed by atoms with Gasteiger partial charge in [-0.1, -0.05) is 32.9 Å². The molecule has 0 saturated heterocycles. The van der Waals surface area contributed by atoms with Gasteiger partial charge >= 0.3 is 0 Å². The third kappa shape index (κ3) is 7.66. The summed E-state index contributed by atoms with van der Waals surface area (Å²) in [6.07, 6.45) is 1.64. The Labute approximate surface area is 138 Å². The minimum atomic E-state index is 0. The van der Waals surface area contributed by atoms with Crippen molar-refractivity contribution in [2.45, 2.75) is 46.5 Å². The number of nitrogens with one attached hydrogen (secondary N) is 1. The minimum Gasteiger partial charge on any atom is -0.370 e. The number of aliphatic imine (C=N–C) groups is 1. The first kappa shape index (κ1) is 19.1. The molecule has 0 aliphatic carbocycles. The summed E-state index contributed by atoms with van der Waals surface area (Å²) in [4.78, 5) is 8.55. The molecule has 0 spiro atoms. The number of aryl methyl sites for hydroxylation is 1. The lowest BCUT2D eigenvalue weighted by Gasteiger charge is -2.05. The lowest BCUT2D eigenvalue weighted by Crippen LogP contribution is -2.33. The van der Waals surface area contributed by atoms with Gasteiger partial charge in [-0.3, -0.25) is 4.99 Å². The maximum Gasteiger partial charge on any atom is 0.226 e. The first-order chi connectivity index (χ1) is 8.99. The summed E-state index contributed by atoms with van der Waals surface area (Å²) in [6, 6.07) is 0. The molecular formula is C13H26IN5O. The standard InChI is InChI=1S/C13H25N5O.HI/c1-9(2)8-16-13(14)15-7-5-6-11-17-12(10(3)4)18-19-11;/h9-10H,5-8H2,1-4H3,(H3,14,15,16);1H. The van der Waals surface area contributed by atoms with E-state index in [-0.39, 0.29) is 24.0 Å². The Kier molecular flexibility index (Phi) is 9.52. The molecule has 0 amide bonds. The molecule has 0 radical (unpaired) electrons. The molecule has 0 atom stereocenters. The van der Waals surface area contributed by atoms with Crippen LogP contribution in [-0.4, -0.2) is 29.2 Å². The van der Waals surface area contributed by atoms with E-state index in [9.17, 15) is 0 Å². The van der Waals surface area contributed by atoms with Crippen molar-refractivity contribution in [1.29, 1.82) is 0 Å². The molecule has 1 rings (SSSR count). The maximum atomic E-state index is 5.73. The van der Waals surface area contributed by atoms with Crippen LogP contribution in [0.25, 0.3) is 0 Å². The second-order valence-corrected chi connectivity index (χ2v) is 5.35. The smallest absolute Gasteiger partial charge is 0.226 e. The Morgan fingerprint density at radius 2 is 2.05 bits per heavy atom. The van der Waals surface area contributed by atoms with Crippen LogP contribution in [0.1, 0.15) is 51.7 Å². The van der Waals surface area contributed by atoms with E-state index in [0.717, 1.165) is 31.8 Å². The summed E-state index contributed by atoms with van der Waals surface area (Å²) >= 11 is 0. The van der Waals surface area contributed by atoms with Gasteiger partial charge in [0.1, 0.15) is 0 Å². The van der Waals surface area contributed by atoms with Crippen molar-refractivity contribution in [3.63, 3.8) is 0 Å². The molecule has 0 aromatic carbocycles. The second-order valence-electron chi connectivity index (χ2n) is 5.35. The maximum absolute atomic E-state index is 5.73. The molecule has 0 aliphatic heterocycles. The molecule has 3 N–H and O–H groups in total. The van der Waals surface area contributed by atoms with E-state index in [2.05, 4.69) is 34.3 Å². The highest BCUT2D eigenvalue weighted by Crippen LogP contribution is 2.10. The third-order valence-electron chi connectivity index (χ3n) is 2.50. The van der Waals surface area contributed by atoms with E-state index in [4.69, 9.17) is 10.3 Å². The van der Waals surface area contributed by atoms with Gasteiger partial charge in [0.05, 0.1) is 0 Å². The first-order valence-corrected chi connectivity index (χ1v) is 6.85. The predicted molar refractivity (Wildman–Crippen MR) is 91.5 cm³/mol. The van der Waals surface area contributed by atoms with Crippen molar-refractivity contribution in [2.75, 3.05) is 13.1 Å². The van der Waals surface area contributed by atoms with Gasteiger partial charge in [0.25, 0.3) is 0 Å². The second kappa shape index (κ2) is 9.95. The van der Waals surface area contributed by atoms with E-state index >= 15 is 0 Å². The van der Waals surface area contributed by atoms with E-state index in [1.54, 1.807) is 0 Å². The summed E-state index contributed by atoms with van der Waals surface area (Å²) in [5.41, 5.74) is 5.73.